The predicted octanol–water partition coefficient (Wildman–Crippen LogP) is 1.46. The van der Waals surface area contributed by atoms with Crippen molar-refractivity contribution >= 4 is 11.5 Å². The molecular weight excluding hydrogens is 178 g/mol. The summed E-state index contributed by atoms with van der Waals surface area (Å²) < 4.78 is 0. The average Bonchev–Trinajstić information content (AvgIpc) is 2.26. The third-order valence-electron chi connectivity index (χ3n) is 1.57. The van der Waals surface area contributed by atoms with Crippen molar-refractivity contribution in [2.45, 2.75) is 6.92 Å². The minimum atomic E-state index is -0.476. The van der Waals surface area contributed by atoms with Gasteiger partial charge in [-0.1, -0.05) is 29.3 Å². The van der Waals surface area contributed by atoms with E-state index in [-0.39, 0.29) is 5.71 Å². The molecular formula is C11H9NO2. The Morgan fingerprint density at radius 2 is 2.00 bits per heavy atom. The first-order valence-electron chi connectivity index (χ1n) is 4.04. The number of hydrogen-bond donors (Lipinski definition) is 1. The van der Waals surface area contributed by atoms with Crippen LogP contribution in [0.1, 0.15) is 12.5 Å². The highest BCUT2D eigenvalue weighted by atomic mass is 16.4. The Labute approximate surface area is 82.1 Å². The average molecular weight is 187 g/mol. The van der Waals surface area contributed by atoms with Gasteiger partial charge in [0, 0.05) is 5.56 Å². The summed E-state index contributed by atoms with van der Waals surface area (Å²) in [7, 11) is 0. The highest BCUT2D eigenvalue weighted by Gasteiger charge is 2.00. The SMILES string of the molecule is CC(=NO)C(=O)C#Cc1ccccc1. The van der Waals surface area contributed by atoms with Gasteiger partial charge in [-0.25, -0.2) is 0 Å². The van der Waals surface area contributed by atoms with Gasteiger partial charge in [0.25, 0.3) is 5.78 Å². The highest BCUT2D eigenvalue weighted by Crippen LogP contribution is 1.94. The van der Waals surface area contributed by atoms with Gasteiger partial charge in [0.05, 0.1) is 0 Å². The van der Waals surface area contributed by atoms with Gasteiger partial charge in [0.1, 0.15) is 5.71 Å². The summed E-state index contributed by atoms with van der Waals surface area (Å²) in [5.41, 5.74) is 0.750. The molecule has 0 spiro atoms. The minimum Gasteiger partial charge on any atom is -0.411 e. The van der Waals surface area contributed by atoms with E-state index in [0.29, 0.717) is 0 Å². The molecule has 0 saturated heterocycles. The zero-order chi connectivity index (χ0) is 10.4. The largest absolute Gasteiger partial charge is 0.411 e. The van der Waals surface area contributed by atoms with E-state index in [1.807, 2.05) is 18.2 Å². The van der Waals surface area contributed by atoms with E-state index >= 15 is 0 Å². The molecule has 3 nitrogen and oxygen atoms in total. The number of oxime groups is 1. The van der Waals surface area contributed by atoms with E-state index in [1.54, 1.807) is 12.1 Å². The molecule has 1 rings (SSSR count). The lowest BCUT2D eigenvalue weighted by Crippen LogP contribution is -2.06. The second-order valence-electron chi connectivity index (χ2n) is 2.63. The first-order valence-corrected chi connectivity index (χ1v) is 4.04. The Morgan fingerprint density at radius 3 is 2.57 bits per heavy atom. The van der Waals surface area contributed by atoms with Crippen LogP contribution in [0, 0.1) is 11.8 Å². The summed E-state index contributed by atoms with van der Waals surface area (Å²) in [5, 5.41) is 11.1. The van der Waals surface area contributed by atoms with Crippen molar-refractivity contribution in [3.63, 3.8) is 0 Å². The summed E-state index contributed by atoms with van der Waals surface area (Å²) in [6.07, 6.45) is 0. The molecule has 0 saturated carbocycles. The third-order valence-corrected chi connectivity index (χ3v) is 1.57. The van der Waals surface area contributed by atoms with E-state index < -0.39 is 5.78 Å². The normalized spacial score (nSPS) is 10.2. The molecule has 0 heterocycles. The van der Waals surface area contributed by atoms with Crippen LogP contribution in [0.25, 0.3) is 0 Å². The molecule has 0 aliphatic heterocycles. The summed E-state index contributed by atoms with van der Waals surface area (Å²) in [6, 6.07) is 9.13. The standard InChI is InChI=1S/C11H9NO2/c1-9(12-14)11(13)8-7-10-5-3-2-4-6-10/h2-6,14H,1H3. The second-order valence-corrected chi connectivity index (χ2v) is 2.63. The van der Waals surface area contributed by atoms with Gasteiger partial charge in [-0.05, 0) is 25.0 Å². The molecule has 0 fully saturated rings. The first-order chi connectivity index (χ1) is 6.74. The van der Waals surface area contributed by atoms with E-state index in [4.69, 9.17) is 5.21 Å². The second kappa shape index (κ2) is 4.83. The smallest absolute Gasteiger partial charge is 0.253 e. The molecule has 1 N–H and O–H groups in total. The van der Waals surface area contributed by atoms with Crippen LogP contribution in [0.3, 0.4) is 0 Å². The Bertz CT molecular complexity index is 410. The number of Topliss-reactive ketones (excluding diaryl/α,β-unsaturated/α-hetero) is 1. The van der Waals surface area contributed by atoms with Crippen molar-refractivity contribution in [2.75, 3.05) is 0 Å². The van der Waals surface area contributed by atoms with Gasteiger partial charge in [-0.3, -0.25) is 4.79 Å². The van der Waals surface area contributed by atoms with E-state index in [0.717, 1.165) is 5.56 Å². The van der Waals surface area contributed by atoms with Crippen molar-refractivity contribution in [2.24, 2.45) is 5.16 Å². The highest BCUT2D eigenvalue weighted by molar-refractivity contribution is 6.45. The minimum absolute atomic E-state index is 0.00608. The van der Waals surface area contributed by atoms with Gasteiger partial charge >= 0.3 is 0 Å². The quantitative estimate of drug-likeness (QED) is 0.313. The topological polar surface area (TPSA) is 49.7 Å². The molecule has 3 heteroatoms. The summed E-state index contributed by atoms with van der Waals surface area (Å²) >= 11 is 0. The molecule has 0 aromatic heterocycles. The van der Waals surface area contributed by atoms with Crippen molar-refractivity contribution in [3.8, 4) is 11.8 Å². The van der Waals surface area contributed by atoms with Gasteiger partial charge in [-0.15, -0.1) is 0 Å². The molecule has 0 aliphatic rings. The van der Waals surface area contributed by atoms with Crippen LogP contribution >= 0.6 is 0 Å². The zero-order valence-electron chi connectivity index (χ0n) is 7.69. The fourth-order valence-electron chi connectivity index (χ4n) is 0.786. The van der Waals surface area contributed by atoms with Crippen LogP contribution in [0.15, 0.2) is 35.5 Å². The molecule has 1 aromatic carbocycles. The van der Waals surface area contributed by atoms with Gasteiger partial charge < -0.3 is 5.21 Å². The maximum Gasteiger partial charge on any atom is 0.253 e. The number of carbonyl (C=O) groups is 1. The summed E-state index contributed by atoms with van der Waals surface area (Å²) in [5.74, 6) is 4.56. The van der Waals surface area contributed by atoms with E-state index in [1.165, 1.54) is 6.92 Å². The first kappa shape index (κ1) is 10.0. The number of rotatable bonds is 1. The third kappa shape index (κ3) is 2.76. The van der Waals surface area contributed by atoms with Crippen LogP contribution in [-0.4, -0.2) is 16.7 Å². The molecule has 0 radical (unpaired) electrons. The Morgan fingerprint density at radius 1 is 1.36 bits per heavy atom. The Hall–Kier alpha value is -2.08. The van der Waals surface area contributed by atoms with Crippen LogP contribution in [0.2, 0.25) is 0 Å². The molecule has 0 aliphatic carbocycles. The number of nitrogens with zero attached hydrogens (tertiary/aromatic N) is 1. The van der Waals surface area contributed by atoms with Crippen molar-refractivity contribution in [3.05, 3.63) is 35.9 Å². The monoisotopic (exact) mass is 187 g/mol. The Balaban J connectivity index is 2.80. The van der Waals surface area contributed by atoms with Gasteiger partial charge in [0.2, 0.25) is 0 Å². The number of carbonyl (C=O) groups excluding carboxylic acids is 1. The lowest BCUT2D eigenvalue weighted by Gasteiger charge is -1.87. The molecule has 0 unspecified atom stereocenters. The van der Waals surface area contributed by atoms with Gasteiger partial charge in [-0.2, -0.15) is 0 Å². The van der Waals surface area contributed by atoms with Crippen molar-refractivity contribution < 1.29 is 10.0 Å². The zero-order valence-corrected chi connectivity index (χ0v) is 7.69. The predicted molar refractivity (Wildman–Crippen MR) is 53.2 cm³/mol. The number of hydrogen-bond acceptors (Lipinski definition) is 3. The molecule has 0 bridgehead atoms. The fraction of sp³-hybridized carbons (Fsp3) is 0.0909. The van der Waals surface area contributed by atoms with E-state index in [9.17, 15) is 4.79 Å². The van der Waals surface area contributed by atoms with Crippen molar-refractivity contribution in [1.29, 1.82) is 0 Å². The molecule has 70 valence electrons. The maximum atomic E-state index is 11.1. The maximum absolute atomic E-state index is 11.1. The molecule has 0 atom stereocenters. The molecule has 1 aromatic rings. The number of ketones is 1. The fourth-order valence-corrected chi connectivity index (χ4v) is 0.786. The lowest BCUT2D eigenvalue weighted by atomic mass is 10.2. The van der Waals surface area contributed by atoms with Crippen LogP contribution < -0.4 is 0 Å². The van der Waals surface area contributed by atoms with Crippen LogP contribution in [-0.2, 0) is 4.79 Å². The van der Waals surface area contributed by atoms with Gasteiger partial charge in [0.15, 0.2) is 0 Å². The van der Waals surface area contributed by atoms with Crippen molar-refractivity contribution in [1.82, 2.24) is 0 Å². The molecule has 14 heavy (non-hydrogen) atoms. The molecule has 0 amide bonds. The van der Waals surface area contributed by atoms with Crippen LogP contribution in [0.5, 0.6) is 0 Å². The van der Waals surface area contributed by atoms with E-state index in [2.05, 4.69) is 17.0 Å². The Kier molecular flexibility index (Phi) is 3.45. The van der Waals surface area contributed by atoms with Crippen LogP contribution in [0.4, 0.5) is 0 Å². The number of benzene rings is 1. The summed E-state index contributed by atoms with van der Waals surface area (Å²) in [6.45, 7) is 1.40. The lowest BCUT2D eigenvalue weighted by molar-refractivity contribution is -0.108. The summed E-state index contributed by atoms with van der Waals surface area (Å²) in [4.78, 5) is 11.1.